The predicted octanol–water partition coefficient (Wildman–Crippen LogP) is 5.21. The molecule has 0 spiro atoms. The van der Waals surface area contributed by atoms with E-state index in [1.807, 2.05) is 85.7 Å². The molecular weight excluding hydrogens is 630 g/mol. The number of allylic oxidation sites excluding steroid dienone is 1. The van der Waals surface area contributed by atoms with E-state index in [-0.39, 0.29) is 12.2 Å². The fourth-order valence-corrected chi connectivity index (χ4v) is 6.16. The maximum absolute atomic E-state index is 14.0. The molecule has 0 aliphatic carbocycles. The quantitative estimate of drug-likeness (QED) is 0.229. The maximum Gasteiger partial charge on any atom is 0.338 e. The van der Waals surface area contributed by atoms with Gasteiger partial charge in [0.25, 0.3) is 5.56 Å². The van der Waals surface area contributed by atoms with Gasteiger partial charge in [0.1, 0.15) is 6.61 Å². The number of nitrogens with zero attached hydrogens (tertiary/aromatic N) is 3. The van der Waals surface area contributed by atoms with Crippen molar-refractivity contribution in [3.63, 3.8) is 0 Å². The van der Waals surface area contributed by atoms with Crippen molar-refractivity contribution >= 4 is 45.0 Å². The summed E-state index contributed by atoms with van der Waals surface area (Å²) in [7, 11) is 5.51. The molecule has 10 heteroatoms. The monoisotopic (exact) mass is 661 g/mol. The maximum atomic E-state index is 14.0. The van der Waals surface area contributed by atoms with Crippen LogP contribution in [0, 0.1) is 0 Å². The van der Waals surface area contributed by atoms with Gasteiger partial charge in [-0.3, -0.25) is 9.36 Å². The van der Waals surface area contributed by atoms with Crippen molar-refractivity contribution in [3.8, 4) is 11.5 Å². The number of hydrogen-bond acceptors (Lipinski definition) is 8. The highest BCUT2D eigenvalue weighted by Crippen LogP contribution is 2.32. The highest BCUT2D eigenvalue weighted by molar-refractivity contribution is 9.10. The summed E-state index contributed by atoms with van der Waals surface area (Å²) in [6, 6.07) is 20.6. The van der Waals surface area contributed by atoms with Crippen LogP contribution in [0.25, 0.3) is 6.08 Å². The molecule has 0 saturated carbocycles. The van der Waals surface area contributed by atoms with E-state index < -0.39 is 12.0 Å². The number of methoxy groups -OCH3 is 1. The molecule has 2 heterocycles. The van der Waals surface area contributed by atoms with Crippen LogP contribution in [0.15, 0.2) is 92.3 Å². The van der Waals surface area contributed by atoms with Crippen molar-refractivity contribution in [1.82, 2.24) is 4.57 Å². The molecule has 0 radical (unpaired) electrons. The van der Waals surface area contributed by atoms with Gasteiger partial charge in [-0.15, -0.1) is 0 Å². The Kier molecular flexibility index (Phi) is 9.17. The SMILES string of the molecule is CCOC(=O)C1=C(C)N=c2s/c(=C\c3ccc(OCc4ccc(Br)cc4)c(OC)c3)c(=O)n2[C@@H]1c1ccc(N(C)C)cc1. The van der Waals surface area contributed by atoms with Crippen LogP contribution >= 0.6 is 27.3 Å². The van der Waals surface area contributed by atoms with Crippen LogP contribution in [0.5, 0.6) is 11.5 Å². The Morgan fingerprint density at radius 1 is 1.07 bits per heavy atom. The summed E-state index contributed by atoms with van der Waals surface area (Å²) in [4.78, 5) is 34.3. The first kappa shape index (κ1) is 30.3. The Labute approximate surface area is 262 Å². The van der Waals surface area contributed by atoms with Crippen LogP contribution in [0.1, 0.15) is 36.6 Å². The van der Waals surface area contributed by atoms with E-state index in [9.17, 15) is 9.59 Å². The first-order chi connectivity index (χ1) is 20.7. The lowest BCUT2D eigenvalue weighted by Crippen LogP contribution is -2.39. The Hall–Kier alpha value is -4.15. The van der Waals surface area contributed by atoms with Gasteiger partial charge in [0.2, 0.25) is 0 Å². The third-order valence-electron chi connectivity index (χ3n) is 7.04. The van der Waals surface area contributed by atoms with E-state index in [1.54, 1.807) is 31.6 Å². The van der Waals surface area contributed by atoms with Gasteiger partial charge in [-0.25, -0.2) is 9.79 Å². The molecule has 0 saturated heterocycles. The van der Waals surface area contributed by atoms with Gasteiger partial charge in [0, 0.05) is 24.3 Å². The number of thiazole rings is 1. The third kappa shape index (κ3) is 6.45. The summed E-state index contributed by atoms with van der Waals surface area (Å²) in [6.07, 6.45) is 1.81. The number of benzene rings is 3. The molecule has 3 aromatic carbocycles. The number of esters is 1. The van der Waals surface area contributed by atoms with Gasteiger partial charge in [-0.1, -0.05) is 57.6 Å². The molecule has 1 aliphatic rings. The summed E-state index contributed by atoms with van der Waals surface area (Å²) in [5.41, 5.74) is 4.24. The van der Waals surface area contributed by atoms with Gasteiger partial charge in [0.05, 0.1) is 35.6 Å². The largest absolute Gasteiger partial charge is 0.493 e. The van der Waals surface area contributed by atoms with E-state index in [0.29, 0.717) is 38.7 Å². The highest BCUT2D eigenvalue weighted by atomic mass is 79.9. The number of carbonyl (C=O) groups excluding carboxylic acids is 1. The Morgan fingerprint density at radius 3 is 2.44 bits per heavy atom. The fraction of sp³-hybridized carbons (Fsp3) is 0.242. The smallest absolute Gasteiger partial charge is 0.338 e. The molecular formula is C33H32BrN3O5S. The molecule has 43 heavy (non-hydrogen) atoms. The van der Waals surface area contributed by atoms with E-state index in [1.165, 1.54) is 11.3 Å². The van der Waals surface area contributed by atoms with E-state index >= 15 is 0 Å². The number of anilines is 1. The Bertz CT molecular complexity index is 1860. The fourth-order valence-electron chi connectivity index (χ4n) is 4.85. The number of aromatic nitrogens is 1. The van der Waals surface area contributed by atoms with Gasteiger partial charge in [-0.2, -0.15) is 0 Å². The minimum absolute atomic E-state index is 0.219. The van der Waals surface area contributed by atoms with Crippen molar-refractivity contribution in [2.45, 2.75) is 26.5 Å². The predicted molar refractivity (Wildman–Crippen MR) is 173 cm³/mol. The zero-order valence-electron chi connectivity index (χ0n) is 24.6. The zero-order valence-corrected chi connectivity index (χ0v) is 27.0. The van der Waals surface area contributed by atoms with E-state index in [0.717, 1.165) is 26.9 Å². The molecule has 222 valence electrons. The summed E-state index contributed by atoms with van der Waals surface area (Å²) in [6.45, 7) is 4.15. The lowest BCUT2D eigenvalue weighted by atomic mass is 9.95. The van der Waals surface area contributed by atoms with E-state index in [2.05, 4.69) is 20.9 Å². The van der Waals surface area contributed by atoms with Gasteiger partial charge < -0.3 is 19.1 Å². The number of carbonyl (C=O) groups is 1. The lowest BCUT2D eigenvalue weighted by molar-refractivity contribution is -0.139. The van der Waals surface area contributed by atoms with Crippen LogP contribution in [-0.2, 0) is 16.1 Å². The molecule has 0 N–H and O–H groups in total. The van der Waals surface area contributed by atoms with Crippen LogP contribution in [0.4, 0.5) is 5.69 Å². The van der Waals surface area contributed by atoms with Crippen molar-refractivity contribution < 1.29 is 19.0 Å². The van der Waals surface area contributed by atoms with Crippen molar-refractivity contribution in [2.75, 3.05) is 32.7 Å². The van der Waals surface area contributed by atoms with Crippen LogP contribution in [-0.4, -0.2) is 38.3 Å². The minimum Gasteiger partial charge on any atom is -0.493 e. The first-order valence-electron chi connectivity index (χ1n) is 13.7. The Morgan fingerprint density at radius 2 is 1.79 bits per heavy atom. The minimum atomic E-state index is -0.669. The molecule has 1 aliphatic heterocycles. The molecule has 0 fully saturated rings. The molecule has 5 rings (SSSR count). The average Bonchev–Trinajstić information content (AvgIpc) is 3.30. The van der Waals surface area contributed by atoms with Crippen LogP contribution in [0.3, 0.4) is 0 Å². The second-order valence-electron chi connectivity index (χ2n) is 10.1. The molecule has 4 aromatic rings. The Balaban J connectivity index is 1.54. The number of hydrogen-bond donors (Lipinski definition) is 0. The van der Waals surface area contributed by atoms with Crippen molar-refractivity contribution in [1.29, 1.82) is 0 Å². The lowest BCUT2D eigenvalue weighted by Gasteiger charge is -2.25. The summed E-state index contributed by atoms with van der Waals surface area (Å²) < 4.78 is 20.1. The number of rotatable bonds is 9. The van der Waals surface area contributed by atoms with Crippen molar-refractivity contribution in [3.05, 3.63) is 119 Å². The second kappa shape index (κ2) is 13.0. The zero-order chi connectivity index (χ0) is 30.7. The number of ether oxygens (including phenoxy) is 3. The van der Waals surface area contributed by atoms with E-state index in [4.69, 9.17) is 14.2 Å². The molecule has 8 nitrogen and oxygen atoms in total. The average molecular weight is 663 g/mol. The molecule has 0 unspecified atom stereocenters. The first-order valence-corrected chi connectivity index (χ1v) is 15.3. The highest BCUT2D eigenvalue weighted by Gasteiger charge is 2.33. The van der Waals surface area contributed by atoms with Gasteiger partial charge in [0.15, 0.2) is 16.3 Å². The van der Waals surface area contributed by atoms with Crippen LogP contribution < -0.4 is 29.3 Å². The molecule has 0 bridgehead atoms. The van der Waals surface area contributed by atoms with Crippen LogP contribution in [0.2, 0.25) is 0 Å². The third-order valence-corrected chi connectivity index (χ3v) is 8.55. The molecule has 0 amide bonds. The van der Waals surface area contributed by atoms with Gasteiger partial charge in [-0.05, 0) is 73.0 Å². The summed E-state index contributed by atoms with van der Waals surface area (Å²) in [5, 5.41) is 0. The number of halogens is 1. The van der Waals surface area contributed by atoms with Gasteiger partial charge >= 0.3 is 5.97 Å². The molecule has 1 atom stereocenters. The summed E-state index contributed by atoms with van der Waals surface area (Å²) in [5.74, 6) is 0.668. The summed E-state index contributed by atoms with van der Waals surface area (Å²) >= 11 is 4.72. The van der Waals surface area contributed by atoms with Crippen molar-refractivity contribution in [2.24, 2.45) is 4.99 Å². The molecule has 1 aromatic heterocycles. The second-order valence-corrected chi connectivity index (χ2v) is 12.0. The topological polar surface area (TPSA) is 82.4 Å². The number of fused-ring (bicyclic) bond motifs is 1. The standard InChI is InChI=1S/C33H32BrN3O5S/c1-6-41-32(39)29-20(2)35-33-37(30(29)23-10-14-25(15-11-23)36(3)4)31(38)28(43-33)18-22-9-16-26(27(17-22)40-5)42-19-21-7-12-24(34)13-8-21/h7-18,30H,6,19H2,1-5H3/b28-18-/t30-/m1/s1. The normalized spacial score (nSPS) is 14.7.